The zero-order valence-electron chi connectivity index (χ0n) is 10.8. The Bertz CT molecular complexity index is 521. The largest absolute Gasteiger partial charge is 0.478 e. The summed E-state index contributed by atoms with van der Waals surface area (Å²) in [6.45, 7) is 2.21. The highest BCUT2D eigenvalue weighted by atomic mass is 19.1. The van der Waals surface area contributed by atoms with Crippen LogP contribution in [0.2, 0.25) is 0 Å². The number of carbonyl (C=O) groups is 1. The lowest BCUT2D eigenvalue weighted by Crippen LogP contribution is -2.45. The van der Waals surface area contributed by atoms with Crippen molar-refractivity contribution in [3.05, 3.63) is 23.6 Å². The maximum absolute atomic E-state index is 14.1. The van der Waals surface area contributed by atoms with E-state index in [1.54, 1.807) is 4.90 Å². The molecule has 3 heterocycles. The van der Waals surface area contributed by atoms with Gasteiger partial charge in [0.15, 0.2) is 17.4 Å². The molecule has 108 valence electrons. The van der Waals surface area contributed by atoms with Crippen molar-refractivity contribution < 1.29 is 23.8 Å². The van der Waals surface area contributed by atoms with Gasteiger partial charge in [-0.25, -0.2) is 14.2 Å². The molecule has 0 aromatic carbocycles. The highest BCUT2D eigenvalue weighted by Gasteiger charge is 2.40. The van der Waals surface area contributed by atoms with E-state index in [-0.39, 0.29) is 11.4 Å². The third-order valence-electron chi connectivity index (χ3n) is 3.74. The van der Waals surface area contributed by atoms with E-state index >= 15 is 0 Å². The van der Waals surface area contributed by atoms with E-state index in [1.807, 2.05) is 0 Å². The van der Waals surface area contributed by atoms with Crippen LogP contribution in [0.5, 0.6) is 0 Å². The van der Waals surface area contributed by atoms with E-state index in [9.17, 15) is 9.18 Å². The van der Waals surface area contributed by atoms with Gasteiger partial charge < -0.3 is 19.5 Å². The first-order valence-corrected chi connectivity index (χ1v) is 6.52. The highest BCUT2D eigenvalue weighted by molar-refractivity contribution is 5.88. The maximum Gasteiger partial charge on any atom is 0.338 e. The van der Waals surface area contributed by atoms with Crippen LogP contribution >= 0.6 is 0 Å². The molecule has 0 radical (unpaired) electrons. The molecule has 0 bridgehead atoms. The molecular weight excluding hydrogens is 267 g/mol. The first-order valence-electron chi connectivity index (χ1n) is 6.52. The van der Waals surface area contributed by atoms with Crippen molar-refractivity contribution in [2.75, 3.05) is 31.2 Å². The molecule has 1 aromatic heterocycles. The fourth-order valence-electron chi connectivity index (χ4n) is 2.66. The Kier molecular flexibility index (Phi) is 3.31. The molecule has 1 spiro atoms. The standard InChI is InChI=1S/C13H15FN2O4/c14-10-9(12(17)18)1-4-15-11(10)16-5-2-13(3-6-16)19-7-8-20-13/h1,4H,2-3,5-8H2,(H,17,18). The molecule has 0 amide bonds. The lowest BCUT2D eigenvalue weighted by atomic mass is 10.0. The van der Waals surface area contributed by atoms with E-state index in [0.717, 1.165) is 6.07 Å². The SMILES string of the molecule is O=C(O)c1ccnc(N2CCC3(CC2)OCCO3)c1F. The summed E-state index contributed by atoms with van der Waals surface area (Å²) in [6, 6.07) is 1.16. The van der Waals surface area contributed by atoms with Gasteiger partial charge in [-0.3, -0.25) is 0 Å². The molecule has 20 heavy (non-hydrogen) atoms. The third-order valence-corrected chi connectivity index (χ3v) is 3.74. The number of hydrogen-bond donors (Lipinski definition) is 1. The average Bonchev–Trinajstić information content (AvgIpc) is 2.88. The Morgan fingerprint density at radius 1 is 1.35 bits per heavy atom. The second-order valence-corrected chi connectivity index (χ2v) is 4.90. The molecule has 7 heteroatoms. The predicted octanol–water partition coefficient (Wildman–Crippen LogP) is 1.26. The molecule has 0 atom stereocenters. The predicted molar refractivity (Wildman–Crippen MR) is 67.2 cm³/mol. The molecule has 2 aliphatic rings. The minimum Gasteiger partial charge on any atom is -0.478 e. The topological polar surface area (TPSA) is 71.9 Å². The molecule has 0 saturated carbocycles. The molecule has 2 aliphatic heterocycles. The van der Waals surface area contributed by atoms with E-state index in [1.165, 1.54) is 6.20 Å². The van der Waals surface area contributed by atoms with E-state index in [4.69, 9.17) is 14.6 Å². The second kappa shape index (κ2) is 4.99. The molecule has 0 unspecified atom stereocenters. The van der Waals surface area contributed by atoms with Gasteiger partial charge in [-0.15, -0.1) is 0 Å². The minimum absolute atomic E-state index is 0.0812. The summed E-state index contributed by atoms with van der Waals surface area (Å²) < 4.78 is 25.3. The summed E-state index contributed by atoms with van der Waals surface area (Å²) in [5.74, 6) is -2.54. The maximum atomic E-state index is 14.1. The van der Waals surface area contributed by atoms with Gasteiger partial charge in [0.05, 0.1) is 13.2 Å². The summed E-state index contributed by atoms with van der Waals surface area (Å²) in [4.78, 5) is 16.6. The number of carboxylic acids is 1. The number of nitrogens with zero attached hydrogens (tertiary/aromatic N) is 2. The van der Waals surface area contributed by atoms with Crippen molar-refractivity contribution in [1.82, 2.24) is 4.98 Å². The Morgan fingerprint density at radius 3 is 2.60 bits per heavy atom. The number of rotatable bonds is 2. The van der Waals surface area contributed by atoms with Crippen LogP contribution in [-0.4, -0.2) is 48.2 Å². The number of aromatic nitrogens is 1. The quantitative estimate of drug-likeness (QED) is 0.880. The number of pyridine rings is 1. The van der Waals surface area contributed by atoms with E-state index in [0.29, 0.717) is 39.1 Å². The number of anilines is 1. The number of aromatic carboxylic acids is 1. The van der Waals surface area contributed by atoms with Crippen molar-refractivity contribution >= 4 is 11.8 Å². The van der Waals surface area contributed by atoms with Crippen molar-refractivity contribution in [2.24, 2.45) is 0 Å². The van der Waals surface area contributed by atoms with Crippen LogP contribution in [0.1, 0.15) is 23.2 Å². The van der Waals surface area contributed by atoms with Crippen molar-refractivity contribution in [1.29, 1.82) is 0 Å². The molecule has 1 aromatic rings. The summed E-state index contributed by atoms with van der Waals surface area (Å²) in [5, 5.41) is 8.93. The number of hydrogen-bond acceptors (Lipinski definition) is 5. The number of carboxylic acid groups (broad SMARTS) is 1. The van der Waals surface area contributed by atoms with Crippen LogP contribution in [0, 0.1) is 5.82 Å². The zero-order valence-corrected chi connectivity index (χ0v) is 10.8. The van der Waals surface area contributed by atoms with Crippen LogP contribution in [-0.2, 0) is 9.47 Å². The van der Waals surface area contributed by atoms with E-state index < -0.39 is 17.6 Å². The number of halogens is 1. The average molecular weight is 282 g/mol. The Balaban J connectivity index is 1.78. The van der Waals surface area contributed by atoms with E-state index in [2.05, 4.69) is 4.98 Å². The van der Waals surface area contributed by atoms with Gasteiger partial charge in [0.2, 0.25) is 0 Å². The molecule has 1 N–H and O–H groups in total. The first kappa shape index (κ1) is 13.3. The number of piperidine rings is 1. The summed E-state index contributed by atoms with van der Waals surface area (Å²) in [7, 11) is 0. The van der Waals surface area contributed by atoms with Crippen LogP contribution in [0.3, 0.4) is 0 Å². The summed E-state index contributed by atoms with van der Waals surface area (Å²) in [5.41, 5.74) is -0.358. The first-order chi connectivity index (χ1) is 9.61. The zero-order chi connectivity index (χ0) is 14.2. The molecule has 3 rings (SSSR count). The number of ether oxygens (including phenoxy) is 2. The molecule has 2 fully saturated rings. The van der Waals surface area contributed by atoms with Gasteiger partial charge in [0.1, 0.15) is 5.56 Å². The van der Waals surface area contributed by atoms with Gasteiger partial charge in [-0.05, 0) is 6.07 Å². The lowest BCUT2D eigenvalue weighted by Gasteiger charge is -2.38. The smallest absolute Gasteiger partial charge is 0.338 e. The minimum atomic E-state index is -1.29. The highest BCUT2D eigenvalue weighted by Crippen LogP contribution is 2.33. The summed E-state index contributed by atoms with van der Waals surface area (Å²) in [6.07, 6.45) is 2.55. The van der Waals surface area contributed by atoms with Crippen molar-refractivity contribution in [2.45, 2.75) is 18.6 Å². The Labute approximate surface area is 115 Å². The van der Waals surface area contributed by atoms with Gasteiger partial charge in [0.25, 0.3) is 0 Å². The van der Waals surface area contributed by atoms with Crippen molar-refractivity contribution in [3.63, 3.8) is 0 Å². The summed E-state index contributed by atoms with van der Waals surface area (Å²) >= 11 is 0. The Hall–Kier alpha value is -1.73. The van der Waals surface area contributed by atoms with Crippen LogP contribution in [0.25, 0.3) is 0 Å². The lowest BCUT2D eigenvalue weighted by molar-refractivity contribution is -0.169. The van der Waals surface area contributed by atoms with Gasteiger partial charge in [0, 0.05) is 32.1 Å². The van der Waals surface area contributed by atoms with Gasteiger partial charge in [-0.2, -0.15) is 0 Å². The second-order valence-electron chi connectivity index (χ2n) is 4.90. The molecule has 0 aliphatic carbocycles. The van der Waals surface area contributed by atoms with Crippen LogP contribution < -0.4 is 4.90 Å². The van der Waals surface area contributed by atoms with Gasteiger partial charge in [-0.1, -0.05) is 0 Å². The van der Waals surface area contributed by atoms with Gasteiger partial charge >= 0.3 is 5.97 Å². The monoisotopic (exact) mass is 282 g/mol. The Morgan fingerprint density at radius 2 is 2.00 bits per heavy atom. The third kappa shape index (κ3) is 2.23. The van der Waals surface area contributed by atoms with Crippen LogP contribution in [0.4, 0.5) is 10.2 Å². The van der Waals surface area contributed by atoms with Crippen LogP contribution in [0.15, 0.2) is 12.3 Å². The molecule has 2 saturated heterocycles. The van der Waals surface area contributed by atoms with Crippen molar-refractivity contribution in [3.8, 4) is 0 Å². The molecular formula is C13H15FN2O4. The fraction of sp³-hybridized carbons (Fsp3) is 0.538. The normalized spacial score (nSPS) is 21.4. The molecule has 6 nitrogen and oxygen atoms in total. The fourth-order valence-corrected chi connectivity index (χ4v) is 2.66.